The number of carbonyl (C=O) groups excluding carboxylic acids is 1. The van der Waals surface area contributed by atoms with Gasteiger partial charge < -0.3 is 0 Å². The highest BCUT2D eigenvalue weighted by molar-refractivity contribution is 5.81. The number of benzene rings is 1. The molecule has 1 unspecified atom stereocenters. The number of carbonyl (C=O) groups is 1. The van der Waals surface area contributed by atoms with Gasteiger partial charge in [-0.1, -0.05) is 12.1 Å². The van der Waals surface area contributed by atoms with Gasteiger partial charge in [-0.15, -0.1) is 0 Å². The molecule has 1 fully saturated rings. The van der Waals surface area contributed by atoms with Gasteiger partial charge in [0.05, 0.1) is 11.6 Å². The quantitative estimate of drug-likeness (QED) is 0.674. The van der Waals surface area contributed by atoms with E-state index in [1.807, 2.05) is 18.2 Å². The van der Waals surface area contributed by atoms with Gasteiger partial charge in [-0.2, -0.15) is 5.26 Å². The average molecular weight is 185 g/mol. The lowest BCUT2D eigenvalue weighted by atomic mass is 9.96. The summed E-state index contributed by atoms with van der Waals surface area (Å²) in [6.45, 7) is 0. The fraction of sp³-hybridized carbons (Fsp3) is 0.333. The first-order valence-corrected chi connectivity index (χ1v) is 4.81. The van der Waals surface area contributed by atoms with Crippen LogP contribution in [0.2, 0.25) is 0 Å². The Labute approximate surface area is 83.2 Å². The third-order valence-corrected chi connectivity index (χ3v) is 2.73. The number of nitriles is 1. The van der Waals surface area contributed by atoms with Gasteiger partial charge in [0.15, 0.2) is 0 Å². The van der Waals surface area contributed by atoms with Crippen LogP contribution in [-0.2, 0) is 4.79 Å². The van der Waals surface area contributed by atoms with Crippen LogP contribution in [0.4, 0.5) is 0 Å². The molecule has 0 radical (unpaired) electrons. The van der Waals surface area contributed by atoms with Crippen LogP contribution in [0.5, 0.6) is 0 Å². The maximum absolute atomic E-state index is 11.1. The molecule has 0 bridgehead atoms. The predicted octanol–water partition coefficient (Wildman–Crippen LogP) is 2.39. The largest absolute Gasteiger partial charge is 0.300 e. The smallest absolute Gasteiger partial charge is 0.133 e. The second-order valence-electron chi connectivity index (χ2n) is 3.72. The van der Waals surface area contributed by atoms with E-state index >= 15 is 0 Å². The van der Waals surface area contributed by atoms with Gasteiger partial charge in [-0.25, -0.2) is 0 Å². The second-order valence-corrected chi connectivity index (χ2v) is 3.72. The molecule has 14 heavy (non-hydrogen) atoms. The minimum absolute atomic E-state index is 0.343. The minimum atomic E-state index is 0.343. The van der Waals surface area contributed by atoms with E-state index in [4.69, 9.17) is 5.26 Å². The second kappa shape index (κ2) is 3.63. The Morgan fingerprint density at radius 2 is 2.29 bits per heavy atom. The molecule has 1 saturated carbocycles. The van der Waals surface area contributed by atoms with Crippen molar-refractivity contribution >= 4 is 5.78 Å². The maximum atomic E-state index is 11.1. The van der Waals surface area contributed by atoms with Gasteiger partial charge in [0.1, 0.15) is 5.78 Å². The van der Waals surface area contributed by atoms with Crippen molar-refractivity contribution in [3.8, 4) is 6.07 Å². The van der Waals surface area contributed by atoms with Gasteiger partial charge in [-0.3, -0.25) is 4.79 Å². The molecule has 0 saturated heterocycles. The summed E-state index contributed by atoms with van der Waals surface area (Å²) in [7, 11) is 0. The van der Waals surface area contributed by atoms with Crippen molar-refractivity contribution in [2.45, 2.75) is 25.2 Å². The monoisotopic (exact) mass is 185 g/mol. The van der Waals surface area contributed by atoms with E-state index in [0.29, 0.717) is 30.1 Å². The van der Waals surface area contributed by atoms with Crippen LogP contribution in [0.3, 0.4) is 0 Å². The summed E-state index contributed by atoms with van der Waals surface area (Å²) in [5.41, 5.74) is 1.82. The molecule has 1 aliphatic carbocycles. The van der Waals surface area contributed by atoms with E-state index in [0.717, 1.165) is 12.0 Å². The van der Waals surface area contributed by atoms with Gasteiger partial charge in [0.2, 0.25) is 0 Å². The van der Waals surface area contributed by atoms with Crippen LogP contribution in [0.1, 0.15) is 36.3 Å². The van der Waals surface area contributed by atoms with E-state index in [-0.39, 0.29) is 0 Å². The lowest BCUT2D eigenvalue weighted by molar-refractivity contribution is -0.117. The summed E-state index contributed by atoms with van der Waals surface area (Å²) in [6, 6.07) is 9.69. The molecule has 1 aromatic rings. The molecule has 0 N–H and O–H groups in total. The molecule has 2 heteroatoms. The maximum Gasteiger partial charge on any atom is 0.133 e. The third kappa shape index (κ3) is 1.67. The Hall–Kier alpha value is -1.62. The number of ketones is 1. The first kappa shape index (κ1) is 8.96. The molecule has 0 amide bonds. The average Bonchev–Trinajstić information content (AvgIpc) is 2.65. The van der Waals surface area contributed by atoms with Crippen molar-refractivity contribution in [1.29, 1.82) is 5.26 Å². The van der Waals surface area contributed by atoms with Gasteiger partial charge in [0.25, 0.3) is 0 Å². The van der Waals surface area contributed by atoms with Crippen molar-refractivity contribution < 1.29 is 4.79 Å². The van der Waals surface area contributed by atoms with Crippen LogP contribution < -0.4 is 0 Å². The van der Waals surface area contributed by atoms with E-state index in [1.165, 1.54) is 0 Å². The van der Waals surface area contributed by atoms with Crippen LogP contribution in [0, 0.1) is 11.3 Å². The molecule has 1 atom stereocenters. The topological polar surface area (TPSA) is 40.9 Å². The molecule has 0 spiro atoms. The van der Waals surface area contributed by atoms with E-state index in [2.05, 4.69) is 6.07 Å². The van der Waals surface area contributed by atoms with Gasteiger partial charge in [0, 0.05) is 12.8 Å². The molecular weight excluding hydrogens is 174 g/mol. The van der Waals surface area contributed by atoms with Crippen LogP contribution in [0.25, 0.3) is 0 Å². The highest BCUT2D eigenvalue weighted by Crippen LogP contribution is 2.32. The molecule has 1 aromatic carbocycles. The molecule has 0 aromatic heterocycles. The number of hydrogen-bond acceptors (Lipinski definition) is 2. The fourth-order valence-electron chi connectivity index (χ4n) is 1.96. The van der Waals surface area contributed by atoms with E-state index < -0.39 is 0 Å². The highest BCUT2D eigenvalue weighted by Gasteiger charge is 2.23. The molecule has 0 heterocycles. The molecule has 70 valence electrons. The summed E-state index contributed by atoms with van der Waals surface area (Å²) in [5, 5.41) is 8.74. The van der Waals surface area contributed by atoms with Crippen molar-refractivity contribution in [3.05, 3.63) is 35.4 Å². The number of Topliss-reactive ketones (excluding diaryl/α,β-unsaturated/α-hetero) is 1. The Morgan fingerprint density at radius 3 is 2.93 bits per heavy atom. The van der Waals surface area contributed by atoms with Crippen LogP contribution in [0.15, 0.2) is 24.3 Å². The first-order valence-electron chi connectivity index (χ1n) is 4.81. The summed E-state index contributed by atoms with van der Waals surface area (Å²) < 4.78 is 0. The lowest BCUT2D eigenvalue weighted by Crippen LogP contribution is -1.94. The predicted molar refractivity (Wildman–Crippen MR) is 52.8 cm³/mol. The normalized spacial score (nSPS) is 20.8. The summed E-state index contributed by atoms with van der Waals surface area (Å²) >= 11 is 0. The summed E-state index contributed by atoms with van der Waals surface area (Å²) in [5.74, 6) is 0.688. The Bertz CT molecular complexity index is 403. The van der Waals surface area contributed by atoms with Crippen molar-refractivity contribution in [2.75, 3.05) is 0 Å². The minimum Gasteiger partial charge on any atom is -0.300 e. The third-order valence-electron chi connectivity index (χ3n) is 2.73. The molecule has 1 aliphatic rings. The van der Waals surface area contributed by atoms with Crippen molar-refractivity contribution in [2.24, 2.45) is 0 Å². The Kier molecular flexibility index (Phi) is 2.32. The molecule has 2 nitrogen and oxygen atoms in total. The van der Waals surface area contributed by atoms with E-state index in [1.54, 1.807) is 6.07 Å². The zero-order valence-corrected chi connectivity index (χ0v) is 7.86. The molecule has 0 aliphatic heterocycles. The van der Waals surface area contributed by atoms with Gasteiger partial charge >= 0.3 is 0 Å². The number of nitrogens with zero attached hydrogens (tertiary/aromatic N) is 1. The van der Waals surface area contributed by atoms with Crippen molar-refractivity contribution in [3.63, 3.8) is 0 Å². The lowest BCUT2D eigenvalue weighted by Gasteiger charge is -2.07. The van der Waals surface area contributed by atoms with Gasteiger partial charge in [-0.05, 0) is 30.0 Å². The standard InChI is InChI=1S/C12H11NO/c13-8-9-2-1-3-10(6-9)11-4-5-12(14)7-11/h1-3,6,11H,4-5,7H2. The molecular formula is C12H11NO. The van der Waals surface area contributed by atoms with Crippen LogP contribution in [-0.4, -0.2) is 5.78 Å². The highest BCUT2D eigenvalue weighted by atomic mass is 16.1. The van der Waals surface area contributed by atoms with E-state index in [9.17, 15) is 4.79 Å². The first-order chi connectivity index (χ1) is 6.79. The zero-order valence-electron chi connectivity index (χ0n) is 7.86. The zero-order chi connectivity index (χ0) is 9.97. The molecule has 2 rings (SSSR count). The van der Waals surface area contributed by atoms with Crippen molar-refractivity contribution in [1.82, 2.24) is 0 Å². The fourth-order valence-corrected chi connectivity index (χ4v) is 1.96. The number of rotatable bonds is 1. The Morgan fingerprint density at radius 1 is 1.43 bits per heavy atom. The number of hydrogen-bond donors (Lipinski definition) is 0. The summed E-state index contributed by atoms with van der Waals surface area (Å²) in [6.07, 6.45) is 2.28. The Balaban J connectivity index is 2.24. The van der Waals surface area contributed by atoms with Crippen LogP contribution >= 0.6 is 0 Å². The SMILES string of the molecule is N#Cc1cccc(C2CCC(=O)C2)c1. The summed E-state index contributed by atoms with van der Waals surface area (Å²) in [4.78, 5) is 11.1.